The molecule has 10 heteroatoms. The number of thioether (sulfide) groups is 1. The molecule has 0 radical (unpaired) electrons. The Morgan fingerprint density at radius 3 is 2.05 bits per heavy atom. The van der Waals surface area contributed by atoms with Crippen molar-refractivity contribution in [1.29, 1.82) is 0 Å². The monoisotopic (exact) mass is 575 g/mol. The van der Waals surface area contributed by atoms with Gasteiger partial charge in [0, 0.05) is 38.5 Å². The molecule has 2 amide bonds. The number of hydrazine groups is 1. The lowest BCUT2D eigenvalue weighted by molar-refractivity contribution is -0.169. The van der Waals surface area contributed by atoms with Crippen LogP contribution in [0.25, 0.3) is 0 Å². The van der Waals surface area contributed by atoms with Gasteiger partial charge in [0.15, 0.2) is 16.5 Å². The van der Waals surface area contributed by atoms with Crippen LogP contribution >= 0.6 is 11.8 Å². The quantitative estimate of drug-likeness (QED) is 0.337. The highest BCUT2D eigenvalue weighted by atomic mass is 32.2. The number of primary amides is 1. The van der Waals surface area contributed by atoms with E-state index in [4.69, 9.17) is 15.2 Å². The summed E-state index contributed by atoms with van der Waals surface area (Å²) in [6.07, 6.45) is -0.379. The number of hydrogen-bond donors (Lipinski definition) is 2. The number of carbonyl (C=O) groups excluding carboxylic acids is 2. The number of hydrogen-bond acceptors (Lipinski definition) is 8. The van der Waals surface area contributed by atoms with E-state index >= 15 is 0 Å². The lowest BCUT2D eigenvalue weighted by Gasteiger charge is -2.49. The summed E-state index contributed by atoms with van der Waals surface area (Å²) in [7, 11) is 1.60. The first kappa shape index (κ1) is 28.9. The number of piperazine rings is 1. The lowest BCUT2D eigenvalue weighted by atomic mass is 9.96. The summed E-state index contributed by atoms with van der Waals surface area (Å²) in [5, 5.41) is 7.25. The van der Waals surface area contributed by atoms with E-state index in [1.807, 2.05) is 41.4 Å². The molecule has 0 unspecified atom stereocenters. The molecule has 2 aliphatic heterocycles. The van der Waals surface area contributed by atoms with Crippen molar-refractivity contribution in [3.05, 3.63) is 96.1 Å². The van der Waals surface area contributed by atoms with Crippen LogP contribution in [0, 0.1) is 0 Å². The average Bonchev–Trinajstić information content (AvgIpc) is 3.47. The number of rotatable bonds is 11. The Kier molecular flexibility index (Phi) is 9.45. The summed E-state index contributed by atoms with van der Waals surface area (Å²) in [4.78, 5) is 27.1. The van der Waals surface area contributed by atoms with E-state index in [0.29, 0.717) is 31.1 Å². The minimum Gasteiger partial charge on any atom is -0.493 e. The van der Waals surface area contributed by atoms with Crippen molar-refractivity contribution in [2.45, 2.75) is 17.5 Å². The molecular weight excluding hydrogens is 538 g/mol. The summed E-state index contributed by atoms with van der Waals surface area (Å²) in [6, 6.07) is 28.5. The van der Waals surface area contributed by atoms with E-state index in [-0.39, 0.29) is 25.0 Å². The first-order valence-electron chi connectivity index (χ1n) is 13.9. The maximum atomic E-state index is 13.7. The minimum atomic E-state index is -0.895. The molecule has 2 fully saturated rings. The van der Waals surface area contributed by atoms with Gasteiger partial charge in [0.2, 0.25) is 11.8 Å². The van der Waals surface area contributed by atoms with Crippen molar-refractivity contribution in [1.82, 2.24) is 20.2 Å². The van der Waals surface area contributed by atoms with Gasteiger partial charge in [0.05, 0.1) is 13.2 Å². The van der Waals surface area contributed by atoms with Crippen LogP contribution in [-0.2, 0) is 9.59 Å². The van der Waals surface area contributed by atoms with Crippen LogP contribution < -0.4 is 20.5 Å². The van der Waals surface area contributed by atoms with Gasteiger partial charge in [-0.05, 0) is 23.3 Å². The fraction of sp³-hybridized carbons (Fsp3) is 0.355. The highest BCUT2D eigenvalue weighted by molar-refractivity contribution is 8.00. The van der Waals surface area contributed by atoms with Crippen LogP contribution in [0.2, 0.25) is 0 Å². The summed E-state index contributed by atoms with van der Waals surface area (Å²) in [6.45, 7) is 3.51. The maximum Gasteiger partial charge on any atom is 0.248 e. The number of nitrogens with zero attached hydrogens (tertiary/aromatic N) is 3. The summed E-state index contributed by atoms with van der Waals surface area (Å²) in [5.74, 6) is 0.987. The fourth-order valence-corrected chi connectivity index (χ4v) is 6.81. The Balaban J connectivity index is 1.39. The van der Waals surface area contributed by atoms with Crippen LogP contribution in [0.1, 0.15) is 23.6 Å². The van der Waals surface area contributed by atoms with Crippen LogP contribution in [0.3, 0.4) is 0 Å². The Hall–Kier alpha value is -3.57. The number of amides is 2. The van der Waals surface area contributed by atoms with Crippen molar-refractivity contribution in [3.8, 4) is 11.5 Å². The zero-order valence-electron chi connectivity index (χ0n) is 23.3. The molecule has 216 valence electrons. The SMILES string of the molecule is COc1ccccc1OC[C@@]1(N(C(=O)CC(N)=O)N2CCN(C(c3ccccc3)c3ccccc3)CC2)NCCS1. The normalized spacial score (nSPS) is 19.7. The summed E-state index contributed by atoms with van der Waals surface area (Å²) >= 11 is 1.60. The first-order valence-corrected chi connectivity index (χ1v) is 14.8. The van der Waals surface area contributed by atoms with Gasteiger partial charge in [-0.3, -0.25) is 19.8 Å². The maximum absolute atomic E-state index is 13.7. The number of methoxy groups -OCH3 is 1. The number of benzene rings is 3. The highest BCUT2D eigenvalue weighted by Gasteiger charge is 2.48. The van der Waals surface area contributed by atoms with Crippen molar-refractivity contribution in [3.63, 3.8) is 0 Å². The Morgan fingerprint density at radius 2 is 1.51 bits per heavy atom. The van der Waals surface area contributed by atoms with Crippen LogP contribution in [0.15, 0.2) is 84.9 Å². The topological polar surface area (TPSA) is 100 Å². The van der Waals surface area contributed by atoms with E-state index in [1.165, 1.54) is 11.1 Å². The predicted molar refractivity (Wildman–Crippen MR) is 160 cm³/mol. The second kappa shape index (κ2) is 13.4. The number of nitrogens with two attached hydrogens (primary N) is 1. The molecule has 3 aromatic rings. The van der Waals surface area contributed by atoms with Gasteiger partial charge >= 0.3 is 0 Å². The lowest BCUT2D eigenvalue weighted by Crippen LogP contribution is -2.68. The zero-order chi connectivity index (χ0) is 28.7. The van der Waals surface area contributed by atoms with Crippen molar-refractivity contribution < 1.29 is 19.1 Å². The third-order valence-corrected chi connectivity index (χ3v) is 8.73. The molecule has 3 N–H and O–H groups in total. The van der Waals surface area contributed by atoms with Gasteiger partial charge in [-0.1, -0.05) is 72.8 Å². The second-order valence-electron chi connectivity index (χ2n) is 10.1. The smallest absolute Gasteiger partial charge is 0.248 e. The van der Waals surface area contributed by atoms with Gasteiger partial charge < -0.3 is 15.2 Å². The third kappa shape index (κ3) is 6.68. The van der Waals surface area contributed by atoms with Gasteiger partial charge in [0.25, 0.3) is 0 Å². The molecule has 0 aromatic heterocycles. The van der Waals surface area contributed by atoms with Crippen molar-refractivity contribution in [2.75, 3.05) is 52.2 Å². The Morgan fingerprint density at radius 1 is 0.927 bits per heavy atom. The molecule has 2 heterocycles. The number of nitrogens with one attached hydrogen (secondary N) is 1. The fourth-order valence-electron chi connectivity index (χ4n) is 5.59. The summed E-state index contributed by atoms with van der Waals surface area (Å²) < 4.78 is 11.7. The van der Waals surface area contributed by atoms with Crippen LogP contribution in [0.4, 0.5) is 0 Å². The first-order chi connectivity index (χ1) is 20.0. The number of para-hydroxylation sites is 2. The van der Waals surface area contributed by atoms with Gasteiger partial charge in [0.1, 0.15) is 13.0 Å². The van der Waals surface area contributed by atoms with Gasteiger partial charge in [-0.2, -0.15) is 0 Å². The number of ether oxygens (including phenoxy) is 2. The third-order valence-electron chi connectivity index (χ3n) is 7.41. The molecular formula is C31H37N5O4S. The van der Waals surface area contributed by atoms with E-state index < -0.39 is 10.9 Å². The van der Waals surface area contributed by atoms with Gasteiger partial charge in [-0.25, -0.2) is 10.0 Å². The largest absolute Gasteiger partial charge is 0.493 e. The molecule has 5 rings (SSSR count). The van der Waals surface area contributed by atoms with Crippen molar-refractivity contribution in [2.24, 2.45) is 5.73 Å². The van der Waals surface area contributed by atoms with E-state index in [1.54, 1.807) is 23.9 Å². The Bertz CT molecular complexity index is 1260. The standard InChI is InChI=1S/C31H37N5O4S/c1-39-26-14-8-9-15-27(26)40-23-31(33-16-21-41-31)36(29(38)22-28(32)37)35-19-17-34(18-20-35)30(24-10-4-2-5-11-24)25-12-6-3-7-13-25/h2-15,30,33H,16-23H2,1H3,(H2,32,37)/t31-/m0/s1. The molecule has 0 bridgehead atoms. The molecule has 9 nitrogen and oxygen atoms in total. The minimum absolute atomic E-state index is 0.0936. The molecule has 41 heavy (non-hydrogen) atoms. The van der Waals surface area contributed by atoms with E-state index in [9.17, 15) is 9.59 Å². The van der Waals surface area contributed by atoms with Crippen LogP contribution in [-0.4, -0.2) is 83.9 Å². The van der Waals surface area contributed by atoms with Crippen molar-refractivity contribution >= 4 is 23.6 Å². The molecule has 2 aliphatic rings. The number of carbonyl (C=O) groups is 2. The zero-order valence-corrected chi connectivity index (χ0v) is 24.1. The van der Waals surface area contributed by atoms with E-state index in [0.717, 1.165) is 18.8 Å². The molecule has 0 spiro atoms. The van der Waals surface area contributed by atoms with Crippen LogP contribution in [0.5, 0.6) is 11.5 Å². The molecule has 1 atom stereocenters. The Labute approximate surface area is 245 Å². The van der Waals surface area contributed by atoms with Gasteiger partial charge in [-0.15, -0.1) is 11.8 Å². The molecule has 3 aromatic carbocycles. The molecule has 2 saturated heterocycles. The predicted octanol–water partition coefficient (Wildman–Crippen LogP) is 3.09. The second-order valence-corrected chi connectivity index (χ2v) is 11.4. The summed E-state index contributed by atoms with van der Waals surface area (Å²) in [5.41, 5.74) is 7.96. The molecule has 0 saturated carbocycles. The highest BCUT2D eigenvalue weighted by Crippen LogP contribution is 2.37. The average molecular weight is 576 g/mol. The molecule has 0 aliphatic carbocycles. The van der Waals surface area contributed by atoms with E-state index in [2.05, 4.69) is 58.7 Å².